The predicted molar refractivity (Wildman–Crippen MR) is 50.1 cm³/mol. The van der Waals surface area contributed by atoms with Crippen molar-refractivity contribution in [3.8, 4) is 5.88 Å². The lowest BCUT2D eigenvalue weighted by Crippen LogP contribution is -2.19. The summed E-state index contributed by atoms with van der Waals surface area (Å²) in [6.45, 7) is -0.0758. The van der Waals surface area contributed by atoms with Crippen LogP contribution in [0.3, 0.4) is 0 Å². The number of nitrogens with zero attached hydrogens (tertiary/aromatic N) is 1. The van der Waals surface area contributed by atoms with Crippen LogP contribution in [-0.4, -0.2) is 23.7 Å². The summed E-state index contributed by atoms with van der Waals surface area (Å²) in [5.41, 5.74) is 0.395. The second-order valence-corrected chi connectivity index (χ2v) is 2.97. The Morgan fingerprint density at radius 1 is 1.50 bits per heavy atom. The van der Waals surface area contributed by atoms with E-state index in [9.17, 15) is 18.0 Å². The number of pyridine rings is 1. The van der Waals surface area contributed by atoms with E-state index >= 15 is 0 Å². The fraction of sp³-hybridized carbons (Fsp3) is 0.333. The molecule has 0 saturated heterocycles. The molecule has 7 heteroatoms. The Morgan fingerprint density at radius 2 is 2.19 bits per heavy atom. The highest BCUT2D eigenvalue weighted by Gasteiger charge is 2.28. The van der Waals surface area contributed by atoms with Crippen LogP contribution in [-0.2, 0) is 4.79 Å². The first-order chi connectivity index (χ1) is 7.37. The lowest BCUT2D eigenvalue weighted by atomic mass is 10.4. The Hall–Kier alpha value is -1.79. The Balaban J connectivity index is 2.55. The van der Waals surface area contributed by atoms with E-state index in [1.807, 2.05) is 0 Å². The van der Waals surface area contributed by atoms with E-state index < -0.39 is 12.8 Å². The molecule has 0 radical (unpaired) electrons. The maximum Gasteiger partial charge on any atom is 0.422 e. The number of hydrogen-bond donors (Lipinski definition) is 1. The molecule has 0 aliphatic carbocycles. The number of carbonyl (C=O) groups excluding carboxylic acids is 1. The number of carbonyl (C=O) groups is 1. The third kappa shape index (κ3) is 4.63. The van der Waals surface area contributed by atoms with Crippen molar-refractivity contribution in [1.82, 2.24) is 4.98 Å². The summed E-state index contributed by atoms with van der Waals surface area (Å²) in [4.78, 5) is 14.2. The number of alkyl halides is 3. The van der Waals surface area contributed by atoms with Gasteiger partial charge in [-0.15, -0.1) is 0 Å². The van der Waals surface area contributed by atoms with Crippen molar-refractivity contribution < 1.29 is 22.7 Å². The van der Waals surface area contributed by atoms with Gasteiger partial charge in [-0.2, -0.15) is 13.2 Å². The fourth-order valence-electron chi connectivity index (χ4n) is 0.899. The minimum absolute atomic E-state index is 0.147. The predicted octanol–water partition coefficient (Wildman–Crippen LogP) is 1.98. The quantitative estimate of drug-likeness (QED) is 0.869. The largest absolute Gasteiger partial charge is 0.468 e. The SMILES string of the molecule is CC(=O)Nc1ccc(OCC(F)(F)F)nc1. The lowest BCUT2D eigenvalue weighted by molar-refractivity contribution is -0.154. The molecule has 0 aromatic carbocycles. The molecule has 1 aromatic rings. The first-order valence-corrected chi connectivity index (χ1v) is 4.30. The summed E-state index contributed by atoms with van der Waals surface area (Å²) in [6.07, 6.45) is -3.18. The van der Waals surface area contributed by atoms with Crippen LogP contribution in [0.25, 0.3) is 0 Å². The zero-order valence-electron chi connectivity index (χ0n) is 8.34. The Morgan fingerprint density at radius 3 is 2.62 bits per heavy atom. The van der Waals surface area contributed by atoms with Crippen LogP contribution in [0.15, 0.2) is 18.3 Å². The lowest BCUT2D eigenvalue weighted by Gasteiger charge is -2.08. The van der Waals surface area contributed by atoms with Crippen LogP contribution in [0, 0.1) is 0 Å². The van der Waals surface area contributed by atoms with Gasteiger partial charge in [0.05, 0.1) is 11.9 Å². The van der Waals surface area contributed by atoms with Crippen molar-refractivity contribution in [2.75, 3.05) is 11.9 Å². The molecule has 16 heavy (non-hydrogen) atoms. The summed E-state index contributed by atoms with van der Waals surface area (Å²) in [5, 5.41) is 2.43. The monoisotopic (exact) mass is 234 g/mol. The van der Waals surface area contributed by atoms with Gasteiger partial charge < -0.3 is 10.1 Å². The summed E-state index contributed by atoms with van der Waals surface area (Å²) in [5.74, 6) is -0.433. The molecule has 0 unspecified atom stereocenters. The summed E-state index contributed by atoms with van der Waals surface area (Å²) in [7, 11) is 0. The van der Waals surface area contributed by atoms with Gasteiger partial charge in [-0.05, 0) is 6.07 Å². The Labute approximate surface area is 89.4 Å². The van der Waals surface area contributed by atoms with Gasteiger partial charge in [-0.1, -0.05) is 0 Å². The van der Waals surface area contributed by atoms with Gasteiger partial charge in [-0.25, -0.2) is 4.98 Å². The molecule has 1 heterocycles. The van der Waals surface area contributed by atoms with Crippen molar-refractivity contribution in [2.24, 2.45) is 0 Å². The van der Waals surface area contributed by atoms with E-state index in [0.717, 1.165) is 0 Å². The number of amides is 1. The molecule has 1 rings (SSSR count). The standard InChI is InChI=1S/C9H9F3N2O2/c1-6(15)14-7-2-3-8(13-4-7)16-5-9(10,11)12/h2-4H,5H2,1H3,(H,14,15). The number of halogens is 3. The van der Waals surface area contributed by atoms with Gasteiger partial charge in [0.25, 0.3) is 0 Å². The third-order valence-corrected chi connectivity index (χ3v) is 1.44. The number of rotatable bonds is 3. The summed E-state index contributed by atoms with van der Waals surface area (Å²) < 4.78 is 39.7. The number of anilines is 1. The Bertz CT molecular complexity index is 362. The van der Waals surface area contributed by atoms with Crippen molar-refractivity contribution in [1.29, 1.82) is 0 Å². The van der Waals surface area contributed by atoms with Gasteiger partial charge in [0.1, 0.15) is 0 Å². The van der Waals surface area contributed by atoms with Crippen LogP contribution in [0.4, 0.5) is 18.9 Å². The van der Waals surface area contributed by atoms with Crippen molar-refractivity contribution >= 4 is 11.6 Å². The Kier molecular flexibility index (Phi) is 3.70. The van der Waals surface area contributed by atoms with Crippen LogP contribution in [0.5, 0.6) is 5.88 Å². The minimum atomic E-state index is -4.39. The van der Waals surface area contributed by atoms with Crippen LogP contribution in [0.1, 0.15) is 6.92 Å². The average molecular weight is 234 g/mol. The second-order valence-electron chi connectivity index (χ2n) is 2.97. The summed E-state index contributed by atoms with van der Waals surface area (Å²) in [6, 6.07) is 2.65. The highest BCUT2D eigenvalue weighted by Crippen LogP contribution is 2.17. The molecule has 0 bridgehead atoms. The fourth-order valence-corrected chi connectivity index (χ4v) is 0.899. The van der Waals surface area contributed by atoms with Gasteiger partial charge >= 0.3 is 6.18 Å². The highest BCUT2D eigenvalue weighted by molar-refractivity contribution is 5.88. The maximum atomic E-state index is 11.8. The first-order valence-electron chi connectivity index (χ1n) is 4.30. The van der Waals surface area contributed by atoms with E-state index in [-0.39, 0.29) is 11.8 Å². The van der Waals surface area contributed by atoms with E-state index in [1.54, 1.807) is 0 Å². The normalized spacial score (nSPS) is 11.0. The van der Waals surface area contributed by atoms with Crippen molar-refractivity contribution in [3.63, 3.8) is 0 Å². The molecule has 0 spiro atoms. The topological polar surface area (TPSA) is 51.2 Å². The molecule has 0 aliphatic rings. The maximum absolute atomic E-state index is 11.8. The molecular formula is C9H9F3N2O2. The van der Waals surface area contributed by atoms with Crippen LogP contribution >= 0.6 is 0 Å². The molecule has 4 nitrogen and oxygen atoms in total. The molecule has 0 atom stereocenters. The number of ether oxygens (including phenoxy) is 1. The minimum Gasteiger partial charge on any atom is -0.468 e. The molecule has 0 saturated carbocycles. The number of aromatic nitrogens is 1. The van der Waals surface area contributed by atoms with Gasteiger partial charge in [0, 0.05) is 13.0 Å². The first kappa shape index (κ1) is 12.3. The molecule has 1 aromatic heterocycles. The van der Waals surface area contributed by atoms with Crippen LogP contribution < -0.4 is 10.1 Å². The van der Waals surface area contributed by atoms with Crippen molar-refractivity contribution in [2.45, 2.75) is 13.1 Å². The average Bonchev–Trinajstić information content (AvgIpc) is 2.14. The van der Waals surface area contributed by atoms with Gasteiger partial charge in [0.15, 0.2) is 6.61 Å². The van der Waals surface area contributed by atoms with E-state index in [1.165, 1.54) is 25.3 Å². The molecule has 1 N–H and O–H groups in total. The molecular weight excluding hydrogens is 225 g/mol. The number of nitrogens with one attached hydrogen (secondary N) is 1. The third-order valence-electron chi connectivity index (χ3n) is 1.44. The molecule has 0 aliphatic heterocycles. The van der Waals surface area contributed by atoms with E-state index in [4.69, 9.17) is 0 Å². The zero-order valence-corrected chi connectivity index (χ0v) is 8.34. The highest BCUT2D eigenvalue weighted by atomic mass is 19.4. The van der Waals surface area contributed by atoms with E-state index in [0.29, 0.717) is 5.69 Å². The zero-order chi connectivity index (χ0) is 12.2. The second kappa shape index (κ2) is 4.82. The molecule has 1 amide bonds. The van der Waals surface area contributed by atoms with Crippen LogP contribution in [0.2, 0.25) is 0 Å². The molecule has 88 valence electrons. The van der Waals surface area contributed by atoms with Gasteiger partial charge in [0.2, 0.25) is 11.8 Å². The number of hydrogen-bond acceptors (Lipinski definition) is 3. The molecule has 0 fully saturated rings. The smallest absolute Gasteiger partial charge is 0.422 e. The van der Waals surface area contributed by atoms with Gasteiger partial charge in [-0.3, -0.25) is 4.79 Å². The summed E-state index contributed by atoms with van der Waals surface area (Å²) >= 11 is 0. The van der Waals surface area contributed by atoms with E-state index in [2.05, 4.69) is 15.0 Å². The van der Waals surface area contributed by atoms with Crippen molar-refractivity contribution in [3.05, 3.63) is 18.3 Å².